The quantitative estimate of drug-likeness (QED) is 0.856. The van der Waals surface area contributed by atoms with Crippen LogP contribution in [0.25, 0.3) is 5.69 Å². The van der Waals surface area contributed by atoms with E-state index >= 15 is 0 Å². The molecule has 0 aliphatic heterocycles. The van der Waals surface area contributed by atoms with E-state index in [1.54, 1.807) is 10.7 Å². The monoisotopic (exact) mass is 296 g/mol. The van der Waals surface area contributed by atoms with Crippen molar-refractivity contribution in [2.75, 3.05) is 0 Å². The van der Waals surface area contributed by atoms with Crippen LogP contribution in [0.3, 0.4) is 0 Å². The molecule has 4 nitrogen and oxygen atoms in total. The zero-order chi connectivity index (χ0) is 12.0. The van der Waals surface area contributed by atoms with Gasteiger partial charge < -0.3 is 0 Å². The number of benzene rings is 1. The van der Waals surface area contributed by atoms with Crippen molar-refractivity contribution in [3.63, 3.8) is 0 Å². The van der Waals surface area contributed by atoms with Crippen molar-refractivity contribution in [3.8, 4) is 5.69 Å². The largest absolute Gasteiger partial charge is 0.206 e. The van der Waals surface area contributed by atoms with Gasteiger partial charge in [-0.15, -0.1) is 5.10 Å². The Balaban J connectivity index is 2.14. The minimum atomic E-state index is -0.271. The number of nitrogens with zero attached hydrogens (tertiary/aromatic N) is 4. The Bertz CT molecular complexity index is 577. The predicted molar refractivity (Wildman–Crippen MR) is 63.5 cm³/mol. The number of tetrazole rings is 1. The number of halogens is 2. The summed E-state index contributed by atoms with van der Waals surface area (Å²) in [5.41, 5.74) is 1.64. The molecule has 0 unspecified atom stereocenters. The molecule has 1 aliphatic carbocycles. The van der Waals surface area contributed by atoms with Crippen LogP contribution < -0.4 is 0 Å². The molecule has 0 spiro atoms. The Kier molecular flexibility index (Phi) is 2.47. The second-order valence-corrected chi connectivity index (χ2v) is 5.13. The summed E-state index contributed by atoms with van der Waals surface area (Å²) in [5.74, 6) is 1.05. The molecule has 0 atom stereocenters. The van der Waals surface area contributed by atoms with Crippen LogP contribution in [-0.4, -0.2) is 20.2 Å². The molecule has 1 aromatic carbocycles. The van der Waals surface area contributed by atoms with E-state index in [1.165, 1.54) is 6.07 Å². The maximum Gasteiger partial charge on any atom is 0.159 e. The average molecular weight is 297 g/mol. The van der Waals surface area contributed by atoms with Gasteiger partial charge in [0.05, 0.1) is 10.2 Å². The number of aryl methyl sites for hydroxylation is 1. The third kappa shape index (κ3) is 1.86. The van der Waals surface area contributed by atoms with E-state index in [-0.39, 0.29) is 5.82 Å². The van der Waals surface area contributed by atoms with Gasteiger partial charge in [-0.2, -0.15) is 4.68 Å². The van der Waals surface area contributed by atoms with Gasteiger partial charge in [0, 0.05) is 5.92 Å². The maximum absolute atomic E-state index is 13.4. The highest BCUT2D eigenvalue weighted by atomic mass is 79.9. The van der Waals surface area contributed by atoms with Crippen LogP contribution >= 0.6 is 15.9 Å². The Labute approximate surface area is 106 Å². The Morgan fingerprint density at radius 1 is 1.41 bits per heavy atom. The molecule has 0 saturated heterocycles. The highest BCUT2D eigenvalue weighted by Crippen LogP contribution is 2.39. The van der Waals surface area contributed by atoms with Gasteiger partial charge in [-0.25, -0.2) is 4.39 Å². The van der Waals surface area contributed by atoms with Crippen molar-refractivity contribution in [1.29, 1.82) is 0 Å². The first-order valence-corrected chi connectivity index (χ1v) is 6.20. The zero-order valence-electron chi connectivity index (χ0n) is 9.19. The van der Waals surface area contributed by atoms with Crippen LogP contribution in [0.15, 0.2) is 16.6 Å². The van der Waals surface area contributed by atoms with E-state index in [2.05, 4.69) is 31.5 Å². The summed E-state index contributed by atoms with van der Waals surface area (Å²) < 4.78 is 15.5. The molecule has 3 rings (SSSR count). The van der Waals surface area contributed by atoms with E-state index in [9.17, 15) is 4.39 Å². The lowest BCUT2D eigenvalue weighted by atomic mass is 10.2. The van der Waals surface area contributed by atoms with Crippen LogP contribution in [0.5, 0.6) is 0 Å². The van der Waals surface area contributed by atoms with E-state index < -0.39 is 0 Å². The lowest BCUT2D eigenvalue weighted by Gasteiger charge is -2.08. The number of hydrogen-bond donors (Lipinski definition) is 0. The summed E-state index contributed by atoms with van der Waals surface area (Å²) in [5, 5.41) is 11.7. The third-order valence-electron chi connectivity index (χ3n) is 2.90. The van der Waals surface area contributed by atoms with Crippen molar-refractivity contribution >= 4 is 15.9 Å². The van der Waals surface area contributed by atoms with Crippen molar-refractivity contribution in [1.82, 2.24) is 20.2 Å². The van der Waals surface area contributed by atoms with Gasteiger partial charge in [0.1, 0.15) is 5.82 Å². The van der Waals surface area contributed by atoms with Crippen molar-refractivity contribution in [2.24, 2.45) is 0 Å². The fourth-order valence-corrected chi connectivity index (χ4v) is 2.16. The van der Waals surface area contributed by atoms with Crippen molar-refractivity contribution in [2.45, 2.75) is 25.7 Å². The molecule has 1 aliphatic rings. The molecule has 17 heavy (non-hydrogen) atoms. The van der Waals surface area contributed by atoms with Gasteiger partial charge in [0.2, 0.25) is 0 Å². The second kappa shape index (κ2) is 3.87. The normalized spacial score (nSPS) is 15.2. The minimum Gasteiger partial charge on any atom is -0.206 e. The third-order valence-corrected chi connectivity index (χ3v) is 3.51. The van der Waals surface area contributed by atoms with Gasteiger partial charge >= 0.3 is 0 Å². The molecule has 0 radical (unpaired) electrons. The SMILES string of the molecule is Cc1cc(F)c(Br)cc1-n1nnnc1C1CC1. The number of aromatic nitrogens is 4. The summed E-state index contributed by atoms with van der Waals surface area (Å²) in [6.07, 6.45) is 2.25. The summed E-state index contributed by atoms with van der Waals surface area (Å²) in [4.78, 5) is 0. The summed E-state index contributed by atoms with van der Waals surface area (Å²) >= 11 is 3.19. The molecule has 1 fully saturated rings. The van der Waals surface area contributed by atoms with Crippen molar-refractivity contribution in [3.05, 3.63) is 33.8 Å². The van der Waals surface area contributed by atoms with E-state index in [0.29, 0.717) is 10.4 Å². The van der Waals surface area contributed by atoms with Gasteiger partial charge in [-0.1, -0.05) is 0 Å². The van der Waals surface area contributed by atoms with Crippen LogP contribution in [0, 0.1) is 12.7 Å². The van der Waals surface area contributed by atoms with Gasteiger partial charge in [0.25, 0.3) is 0 Å². The average Bonchev–Trinajstić information content (AvgIpc) is 3.02. The standard InChI is InChI=1S/C11H10BrFN4/c1-6-4-9(13)8(12)5-10(6)17-11(7-2-3-7)14-15-16-17/h4-5,7H,2-3H2,1H3. The lowest BCUT2D eigenvalue weighted by Crippen LogP contribution is -2.04. The molecule has 2 aromatic rings. The van der Waals surface area contributed by atoms with E-state index in [4.69, 9.17) is 0 Å². The van der Waals surface area contributed by atoms with Crippen LogP contribution in [-0.2, 0) is 0 Å². The zero-order valence-corrected chi connectivity index (χ0v) is 10.8. The van der Waals surface area contributed by atoms with Crippen LogP contribution in [0.1, 0.15) is 30.1 Å². The lowest BCUT2D eigenvalue weighted by molar-refractivity contribution is 0.618. The predicted octanol–water partition coefficient (Wildman–Crippen LogP) is 2.75. The fourth-order valence-electron chi connectivity index (χ4n) is 1.83. The molecule has 1 heterocycles. The molecule has 1 saturated carbocycles. The first-order chi connectivity index (χ1) is 8.16. The van der Waals surface area contributed by atoms with E-state index in [1.807, 2.05) is 6.92 Å². The second-order valence-electron chi connectivity index (χ2n) is 4.28. The summed E-state index contributed by atoms with van der Waals surface area (Å²) in [6.45, 7) is 1.85. The van der Waals surface area contributed by atoms with Gasteiger partial charge in [0.15, 0.2) is 5.82 Å². The van der Waals surface area contributed by atoms with Crippen LogP contribution in [0.2, 0.25) is 0 Å². The molecule has 0 amide bonds. The first kappa shape index (κ1) is 10.8. The molecular weight excluding hydrogens is 287 g/mol. The molecule has 88 valence electrons. The Morgan fingerprint density at radius 2 is 2.18 bits per heavy atom. The van der Waals surface area contributed by atoms with Gasteiger partial charge in [-0.3, -0.25) is 0 Å². The molecule has 0 bridgehead atoms. The van der Waals surface area contributed by atoms with Crippen molar-refractivity contribution < 1.29 is 4.39 Å². The molecule has 0 N–H and O–H groups in total. The first-order valence-electron chi connectivity index (χ1n) is 5.41. The fraction of sp³-hybridized carbons (Fsp3) is 0.364. The molecule has 1 aromatic heterocycles. The summed E-state index contributed by atoms with van der Waals surface area (Å²) in [7, 11) is 0. The highest BCUT2D eigenvalue weighted by molar-refractivity contribution is 9.10. The molecule has 6 heteroatoms. The Hall–Kier alpha value is -1.30. The minimum absolute atomic E-state index is 0.271. The topological polar surface area (TPSA) is 43.6 Å². The highest BCUT2D eigenvalue weighted by Gasteiger charge is 2.30. The Morgan fingerprint density at radius 3 is 2.88 bits per heavy atom. The number of hydrogen-bond acceptors (Lipinski definition) is 3. The summed E-state index contributed by atoms with van der Waals surface area (Å²) in [6, 6.07) is 3.20. The maximum atomic E-state index is 13.4. The van der Waals surface area contributed by atoms with E-state index in [0.717, 1.165) is 29.9 Å². The molecular formula is C11H10BrFN4. The smallest absolute Gasteiger partial charge is 0.159 e. The van der Waals surface area contributed by atoms with Crippen LogP contribution in [0.4, 0.5) is 4.39 Å². The van der Waals surface area contributed by atoms with Gasteiger partial charge in [-0.05, 0) is 63.8 Å². The number of rotatable bonds is 2.